The smallest absolute Gasteiger partial charge is 0.227 e. The van der Waals surface area contributed by atoms with Gasteiger partial charge in [-0.3, -0.25) is 0 Å². The third-order valence-corrected chi connectivity index (χ3v) is 10.9. The fraction of sp³-hybridized carbons (Fsp3) is 0. The molecule has 0 spiro atoms. The Morgan fingerprint density at radius 2 is 0.877 bits per heavy atom. The predicted octanol–water partition coefficient (Wildman–Crippen LogP) is 15.0. The van der Waals surface area contributed by atoms with Crippen molar-refractivity contribution in [2.45, 2.75) is 0 Å². The molecule has 4 nitrogen and oxygen atoms in total. The molecule has 0 N–H and O–H groups in total. The molecule has 11 aromatic rings. The van der Waals surface area contributed by atoms with Crippen molar-refractivity contribution < 1.29 is 8.83 Å². The zero-order valence-corrected chi connectivity index (χ0v) is 30.8. The van der Waals surface area contributed by atoms with Crippen LogP contribution in [0, 0.1) is 0 Å². The van der Waals surface area contributed by atoms with Crippen LogP contribution in [0.25, 0.3) is 88.6 Å². The van der Waals surface area contributed by atoms with Crippen LogP contribution in [0.15, 0.2) is 215 Å². The number of anilines is 3. The Bertz CT molecular complexity index is 3200. The fourth-order valence-electron chi connectivity index (χ4n) is 8.12. The summed E-state index contributed by atoms with van der Waals surface area (Å²) in [6.45, 7) is 0. The molecule has 0 unspecified atom stereocenters. The Morgan fingerprint density at radius 3 is 1.58 bits per heavy atom. The number of hydrogen-bond donors (Lipinski definition) is 0. The molecule has 0 aliphatic rings. The highest BCUT2D eigenvalue weighted by Crippen LogP contribution is 2.43. The molecule has 268 valence electrons. The van der Waals surface area contributed by atoms with E-state index in [2.05, 4.69) is 175 Å². The van der Waals surface area contributed by atoms with Crippen LogP contribution in [0.5, 0.6) is 0 Å². The van der Waals surface area contributed by atoms with E-state index in [9.17, 15) is 0 Å². The molecule has 0 fully saturated rings. The summed E-state index contributed by atoms with van der Waals surface area (Å²) < 4.78 is 12.9. The third-order valence-electron chi connectivity index (χ3n) is 10.9. The molecule has 2 aromatic heterocycles. The topological polar surface area (TPSA) is 42.4 Å². The molecule has 0 bridgehead atoms. The summed E-state index contributed by atoms with van der Waals surface area (Å²) in [5, 5.41) is 4.51. The minimum Gasteiger partial charge on any atom is -0.456 e. The van der Waals surface area contributed by atoms with Crippen molar-refractivity contribution in [3.8, 4) is 44.8 Å². The molecule has 4 heteroatoms. The summed E-state index contributed by atoms with van der Waals surface area (Å²) in [6.07, 6.45) is 0. The van der Waals surface area contributed by atoms with Crippen LogP contribution in [-0.4, -0.2) is 4.98 Å². The number of benzene rings is 9. The highest BCUT2D eigenvalue weighted by Gasteiger charge is 2.18. The zero-order valence-electron chi connectivity index (χ0n) is 30.8. The van der Waals surface area contributed by atoms with Crippen LogP contribution in [-0.2, 0) is 0 Å². The maximum absolute atomic E-state index is 6.61. The highest BCUT2D eigenvalue weighted by molar-refractivity contribution is 6.22. The average Bonchev–Trinajstić information content (AvgIpc) is 3.89. The van der Waals surface area contributed by atoms with E-state index >= 15 is 0 Å². The van der Waals surface area contributed by atoms with Gasteiger partial charge in [0.05, 0.1) is 0 Å². The van der Waals surface area contributed by atoms with Crippen LogP contribution in [0.4, 0.5) is 17.1 Å². The molecule has 0 amide bonds. The van der Waals surface area contributed by atoms with Gasteiger partial charge in [-0.15, -0.1) is 0 Å². The standard InChI is InChI=1S/C53H34N2O2/c1-4-12-35(13-5-1)36-20-26-42(27-21-36)55(41-16-8-3-9-17-41)43-28-22-37(23-29-43)39-25-31-49-47(32-39)52-45-19-11-10-18-44(45)46(34-51(52)56-49)40-24-30-48-50(33-40)57-53(54-48)38-14-6-2-7-15-38/h1-34H. The monoisotopic (exact) mass is 730 g/mol. The van der Waals surface area contributed by atoms with E-state index < -0.39 is 0 Å². The SMILES string of the molecule is c1ccc(-c2ccc(N(c3ccccc3)c3ccc(-c4ccc5oc6cc(-c7ccc8nc(-c9ccccc9)oc8c7)c7ccccc7c6c5c4)cc3)cc2)cc1. The summed E-state index contributed by atoms with van der Waals surface area (Å²) in [7, 11) is 0. The number of nitrogens with zero attached hydrogens (tertiary/aromatic N) is 2. The van der Waals surface area contributed by atoms with Gasteiger partial charge in [0.15, 0.2) is 5.58 Å². The lowest BCUT2D eigenvalue weighted by Crippen LogP contribution is -2.09. The van der Waals surface area contributed by atoms with Crippen LogP contribution < -0.4 is 4.90 Å². The van der Waals surface area contributed by atoms with E-state index in [1.165, 1.54) is 11.1 Å². The van der Waals surface area contributed by atoms with Crippen LogP contribution in [0.2, 0.25) is 0 Å². The second kappa shape index (κ2) is 13.6. The maximum atomic E-state index is 6.61. The highest BCUT2D eigenvalue weighted by atomic mass is 16.3. The minimum atomic E-state index is 0.619. The molecule has 57 heavy (non-hydrogen) atoms. The molecule has 0 atom stereocenters. The van der Waals surface area contributed by atoms with Gasteiger partial charge in [-0.1, -0.05) is 127 Å². The number of para-hydroxylation sites is 1. The average molecular weight is 731 g/mol. The van der Waals surface area contributed by atoms with E-state index in [1.807, 2.05) is 36.4 Å². The Balaban J connectivity index is 0.962. The fourth-order valence-corrected chi connectivity index (χ4v) is 8.12. The van der Waals surface area contributed by atoms with Crippen LogP contribution in [0.1, 0.15) is 0 Å². The van der Waals surface area contributed by atoms with Crippen molar-refractivity contribution in [1.82, 2.24) is 4.98 Å². The lowest BCUT2D eigenvalue weighted by atomic mass is 9.94. The number of fused-ring (bicyclic) bond motifs is 6. The lowest BCUT2D eigenvalue weighted by molar-refractivity contribution is 0.620. The maximum Gasteiger partial charge on any atom is 0.227 e. The largest absolute Gasteiger partial charge is 0.456 e. The first-order chi connectivity index (χ1) is 28.2. The Morgan fingerprint density at radius 1 is 0.333 bits per heavy atom. The molecule has 0 aliphatic heterocycles. The number of rotatable bonds is 7. The Hall–Kier alpha value is -7.69. The van der Waals surface area contributed by atoms with E-state index in [1.54, 1.807) is 0 Å². The van der Waals surface area contributed by atoms with Crippen molar-refractivity contribution in [2.24, 2.45) is 0 Å². The quantitative estimate of drug-likeness (QED) is 0.164. The molecule has 2 heterocycles. The summed E-state index contributed by atoms with van der Waals surface area (Å²) in [5.74, 6) is 0.619. The first kappa shape index (κ1) is 32.7. The number of hydrogen-bond acceptors (Lipinski definition) is 4. The Labute approximate surface area is 329 Å². The molecule has 0 saturated heterocycles. The Kier molecular flexibility index (Phi) is 7.78. The first-order valence-electron chi connectivity index (χ1n) is 19.2. The number of aromatic nitrogens is 1. The van der Waals surface area contributed by atoms with E-state index in [4.69, 9.17) is 13.8 Å². The van der Waals surface area contributed by atoms with Crippen LogP contribution in [0.3, 0.4) is 0 Å². The normalized spacial score (nSPS) is 11.5. The van der Waals surface area contributed by atoms with Gasteiger partial charge in [0.1, 0.15) is 16.7 Å². The third kappa shape index (κ3) is 5.83. The second-order valence-corrected chi connectivity index (χ2v) is 14.4. The molecule has 11 rings (SSSR count). The summed E-state index contributed by atoms with van der Waals surface area (Å²) >= 11 is 0. The van der Waals surface area contributed by atoms with Gasteiger partial charge in [0, 0.05) is 33.4 Å². The summed E-state index contributed by atoms with van der Waals surface area (Å²) in [4.78, 5) is 7.06. The molecular weight excluding hydrogens is 697 g/mol. The second-order valence-electron chi connectivity index (χ2n) is 14.4. The van der Waals surface area contributed by atoms with E-state index in [-0.39, 0.29) is 0 Å². The van der Waals surface area contributed by atoms with Crippen molar-refractivity contribution in [1.29, 1.82) is 0 Å². The van der Waals surface area contributed by atoms with Gasteiger partial charge >= 0.3 is 0 Å². The van der Waals surface area contributed by atoms with Crippen molar-refractivity contribution in [2.75, 3.05) is 4.90 Å². The van der Waals surface area contributed by atoms with Gasteiger partial charge in [-0.25, -0.2) is 4.98 Å². The molecule has 0 saturated carbocycles. The molecule has 9 aromatic carbocycles. The minimum absolute atomic E-state index is 0.619. The molecular formula is C53H34N2O2. The molecule has 0 radical (unpaired) electrons. The molecule has 0 aliphatic carbocycles. The lowest BCUT2D eigenvalue weighted by Gasteiger charge is -2.26. The first-order valence-corrected chi connectivity index (χ1v) is 19.2. The van der Waals surface area contributed by atoms with E-state index in [0.717, 1.165) is 88.7 Å². The van der Waals surface area contributed by atoms with Crippen molar-refractivity contribution >= 4 is 60.9 Å². The van der Waals surface area contributed by atoms with Crippen molar-refractivity contribution in [3.63, 3.8) is 0 Å². The van der Waals surface area contributed by atoms with Gasteiger partial charge in [-0.05, 0) is 123 Å². The van der Waals surface area contributed by atoms with Gasteiger partial charge in [-0.2, -0.15) is 0 Å². The van der Waals surface area contributed by atoms with Crippen LogP contribution >= 0.6 is 0 Å². The number of furan rings is 1. The van der Waals surface area contributed by atoms with Gasteiger partial charge in [0.2, 0.25) is 5.89 Å². The van der Waals surface area contributed by atoms with Crippen molar-refractivity contribution in [3.05, 3.63) is 206 Å². The van der Waals surface area contributed by atoms with E-state index in [0.29, 0.717) is 5.89 Å². The zero-order chi connectivity index (χ0) is 37.7. The summed E-state index contributed by atoms with van der Waals surface area (Å²) in [6, 6.07) is 72.2. The predicted molar refractivity (Wildman–Crippen MR) is 235 cm³/mol. The summed E-state index contributed by atoms with van der Waals surface area (Å²) in [5.41, 5.74) is 14.4. The van der Waals surface area contributed by atoms with Gasteiger partial charge in [0.25, 0.3) is 0 Å². The van der Waals surface area contributed by atoms with Gasteiger partial charge < -0.3 is 13.7 Å². The number of oxazole rings is 1.